The second kappa shape index (κ2) is 38.7. The molecule has 0 saturated carbocycles. The molecule has 94 heavy (non-hydrogen) atoms. The van der Waals surface area contributed by atoms with Gasteiger partial charge in [0.05, 0.1) is 30.5 Å². The third kappa shape index (κ3) is 23.9. The highest BCUT2D eigenvalue weighted by molar-refractivity contribution is 7.89. The fourth-order valence-electron chi connectivity index (χ4n) is 10.3. The number of nitrogens with one attached hydrogen (secondary N) is 3. The third-order valence-corrected chi connectivity index (χ3v) is 16.7. The second-order valence-corrected chi connectivity index (χ2v) is 25.0. The number of halogens is 2. The molecule has 7 rings (SSSR count). The summed E-state index contributed by atoms with van der Waals surface area (Å²) >= 11 is 0. The predicted molar refractivity (Wildman–Crippen MR) is 363 cm³/mol. The van der Waals surface area contributed by atoms with E-state index >= 15 is 0 Å². The van der Waals surface area contributed by atoms with Gasteiger partial charge in [0.2, 0.25) is 15.7 Å². The van der Waals surface area contributed by atoms with Gasteiger partial charge in [-0.1, -0.05) is 120 Å². The normalized spacial score (nSPS) is 13.2. The number of hydrazine groups is 2. The van der Waals surface area contributed by atoms with Crippen molar-refractivity contribution < 1.29 is 55.7 Å². The number of carboxylic acid groups (broad SMARTS) is 1. The number of benzene rings is 5. The number of ether oxygens (including phenoxy) is 3. The summed E-state index contributed by atoms with van der Waals surface area (Å²) in [6, 6.07) is 36.3. The fourth-order valence-corrected chi connectivity index (χ4v) is 11.9. The van der Waals surface area contributed by atoms with Crippen LogP contribution in [0.3, 0.4) is 0 Å². The Hall–Kier alpha value is -8.39. The van der Waals surface area contributed by atoms with E-state index in [1.54, 1.807) is 55.5 Å². The fraction of sp³-hybridized carbons (Fsp3) is 0.429. The summed E-state index contributed by atoms with van der Waals surface area (Å²) in [6.07, 6.45) is 6.05. The molecule has 1 aliphatic rings. The minimum Gasteiger partial charge on any atom is -0.497 e. The number of anilines is 1. The highest BCUT2D eigenvalue weighted by Gasteiger charge is 2.48. The lowest BCUT2D eigenvalue weighted by molar-refractivity contribution is -0.160. The first-order valence-electron chi connectivity index (χ1n) is 32.0. The number of esters is 2. The summed E-state index contributed by atoms with van der Waals surface area (Å²) in [5.74, 6) is -3.29. The van der Waals surface area contributed by atoms with E-state index in [1.165, 1.54) is 21.1 Å². The molecule has 0 saturated heterocycles. The maximum absolute atomic E-state index is 14.1. The SMILES string of the molecule is CCCC(N)(C(=O)OCNCc1cccc(CC)c1)N1N=C(c2ccccn2)NN1c1cc(F)cc(F)c1.CCCN(CCC)C(=O)c1cc(C)cc(C(=O)O)c1.CCCN(CCC)S(=O)(=O)CCC(=O)O[C@H](CNCc1cccc(OC)c1)[C@@H](N)Cc1cccc(C)c1. The first-order chi connectivity index (χ1) is 45.0. The number of carbonyl (C=O) groups excluding carboxylic acids is 3. The largest absolute Gasteiger partial charge is 0.497 e. The number of nitrogens with zero attached hydrogens (tertiary/aromatic N) is 6. The van der Waals surface area contributed by atoms with Crippen LogP contribution in [0.15, 0.2) is 139 Å². The number of rotatable bonds is 34. The Bertz CT molecular complexity index is 3500. The third-order valence-electron chi connectivity index (χ3n) is 14.8. The van der Waals surface area contributed by atoms with E-state index in [1.807, 2.05) is 96.1 Å². The van der Waals surface area contributed by atoms with Crippen molar-refractivity contribution in [1.29, 1.82) is 0 Å². The van der Waals surface area contributed by atoms with E-state index in [4.69, 9.17) is 30.8 Å². The summed E-state index contributed by atoms with van der Waals surface area (Å²) in [5.41, 5.74) is 21.7. The standard InChI is InChI=1S/C28H43N3O5S.C27H31F2N7O2.C15H21NO3/c1-5-14-31(15-6-2)37(33,34)16-13-28(32)36-27(26(29)19-23-10-7-9-22(3)17-23)21-30-20-24-11-8-12-25(18-24)35-4;1-3-11-27(30,26(37)38-18-31-17-20-9-7-8-19(4-2)13-20)36-34-25(24-10-5-6-12-32-24)33-35(36)23-15-21(28)14-22(29)16-23;1-4-6-16(7-5-2)14(17)12-8-11(3)9-13(10-12)15(18)19/h7-12,17-18,26-27,30H,5-6,13-16,19-21,29H2,1-4H3;5-10,12-16,31H,3-4,11,17-18,30H2,1-2H3,(H,33,34);8-10H,4-7H2,1-3H3,(H,18,19)/t26-,27+;;/m0../s1. The number of hydrazone groups is 1. The van der Waals surface area contributed by atoms with Crippen molar-refractivity contribution in [2.24, 2.45) is 16.6 Å². The number of sulfonamides is 1. The van der Waals surface area contributed by atoms with E-state index in [-0.39, 0.29) is 48.3 Å². The van der Waals surface area contributed by atoms with Crippen LogP contribution in [0.4, 0.5) is 14.5 Å². The van der Waals surface area contributed by atoms with Gasteiger partial charge in [-0.15, -0.1) is 5.10 Å². The first kappa shape index (κ1) is 76.3. The van der Waals surface area contributed by atoms with Crippen molar-refractivity contribution in [1.82, 2.24) is 35.4 Å². The summed E-state index contributed by atoms with van der Waals surface area (Å²) in [4.78, 5) is 55.6. The minimum atomic E-state index is -3.54. The van der Waals surface area contributed by atoms with Crippen LogP contribution in [0.2, 0.25) is 0 Å². The molecule has 21 nitrogen and oxygen atoms in total. The molecule has 0 aliphatic carbocycles. The molecule has 1 aromatic heterocycles. The van der Waals surface area contributed by atoms with Crippen LogP contribution in [-0.4, -0.2) is 133 Å². The topological polar surface area (TPSA) is 277 Å². The van der Waals surface area contributed by atoms with Gasteiger partial charge in [0.15, 0.2) is 5.84 Å². The van der Waals surface area contributed by atoms with Crippen LogP contribution in [0.5, 0.6) is 5.75 Å². The van der Waals surface area contributed by atoms with Crippen LogP contribution >= 0.6 is 0 Å². The zero-order chi connectivity index (χ0) is 68.8. The van der Waals surface area contributed by atoms with E-state index in [0.717, 1.165) is 89.0 Å². The summed E-state index contributed by atoms with van der Waals surface area (Å²) in [7, 11) is -1.92. The Balaban J connectivity index is 0.000000270. The molecule has 24 heteroatoms. The van der Waals surface area contributed by atoms with Crippen molar-refractivity contribution in [2.45, 2.75) is 144 Å². The molecule has 0 bridgehead atoms. The van der Waals surface area contributed by atoms with Gasteiger partial charge in [-0.05, 0) is 129 Å². The first-order valence-corrected chi connectivity index (χ1v) is 33.7. The summed E-state index contributed by atoms with van der Waals surface area (Å²) < 4.78 is 71.8. The molecule has 6 aromatic rings. The van der Waals surface area contributed by atoms with Gasteiger partial charge >= 0.3 is 17.9 Å². The number of aromatic nitrogens is 1. The van der Waals surface area contributed by atoms with Gasteiger partial charge < -0.3 is 35.3 Å². The number of amidine groups is 1. The minimum absolute atomic E-state index is 0.0461. The number of carboxylic acids is 1. The Kier molecular flexibility index (Phi) is 31.4. The van der Waals surface area contributed by atoms with E-state index < -0.39 is 57.4 Å². The van der Waals surface area contributed by atoms with Crippen molar-refractivity contribution >= 4 is 45.4 Å². The lowest BCUT2D eigenvalue weighted by Gasteiger charge is -2.39. The van der Waals surface area contributed by atoms with Crippen molar-refractivity contribution in [3.8, 4) is 5.75 Å². The number of pyridine rings is 1. The maximum atomic E-state index is 14.1. The Labute approximate surface area is 553 Å². The van der Waals surface area contributed by atoms with Gasteiger partial charge in [0.25, 0.3) is 5.91 Å². The molecular formula is C70H95F2N11O10S. The van der Waals surface area contributed by atoms with E-state index in [9.17, 15) is 36.4 Å². The molecule has 1 amide bonds. The number of methoxy groups -OCH3 is 1. The zero-order valence-corrected chi connectivity index (χ0v) is 56.5. The van der Waals surface area contributed by atoms with Crippen LogP contribution in [0.1, 0.15) is 146 Å². The molecule has 0 fully saturated rings. The van der Waals surface area contributed by atoms with Gasteiger partial charge in [0.1, 0.15) is 35.9 Å². The van der Waals surface area contributed by atoms with Gasteiger partial charge in [-0.25, -0.2) is 31.1 Å². The number of hydrogen-bond acceptors (Lipinski definition) is 18. The van der Waals surface area contributed by atoms with Gasteiger partial charge in [0, 0.05) is 81.8 Å². The number of carbonyl (C=O) groups is 4. The molecular weight excluding hydrogens is 1220 g/mol. The molecule has 0 radical (unpaired) electrons. The van der Waals surface area contributed by atoms with Crippen LogP contribution in [0.25, 0.3) is 0 Å². The summed E-state index contributed by atoms with van der Waals surface area (Å²) in [5, 5.41) is 22.3. The predicted octanol–water partition coefficient (Wildman–Crippen LogP) is 9.94. The second-order valence-electron chi connectivity index (χ2n) is 22.9. The molecule has 1 unspecified atom stereocenters. The quantitative estimate of drug-likeness (QED) is 0.0124. The molecule has 2 heterocycles. The number of aryl methyl sites for hydroxylation is 3. The molecule has 5 aromatic carbocycles. The smallest absolute Gasteiger partial charge is 0.352 e. The lowest BCUT2D eigenvalue weighted by Crippen LogP contribution is -2.66. The number of amides is 1. The average molecular weight is 1320 g/mol. The Morgan fingerprint density at radius 1 is 0.723 bits per heavy atom. The molecule has 3 atom stereocenters. The number of aromatic carboxylic acids is 1. The van der Waals surface area contributed by atoms with Crippen LogP contribution in [0, 0.1) is 25.5 Å². The molecule has 8 N–H and O–H groups in total. The van der Waals surface area contributed by atoms with Gasteiger partial charge in [-0.3, -0.25) is 31.0 Å². The highest BCUT2D eigenvalue weighted by atomic mass is 32.2. The summed E-state index contributed by atoms with van der Waals surface area (Å²) in [6.45, 7) is 19.2. The highest BCUT2D eigenvalue weighted by Crippen LogP contribution is 2.30. The van der Waals surface area contributed by atoms with E-state index in [0.29, 0.717) is 69.9 Å². The lowest BCUT2D eigenvalue weighted by atomic mass is 10.0. The van der Waals surface area contributed by atoms with Crippen molar-refractivity contribution in [3.63, 3.8) is 0 Å². The average Bonchev–Trinajstić information content (AvgIpc) is 1.38. The Morgan fingerprint density at radius 3 is 1.97 bits per heavy atom. The monoisotopic (exact) mass is 1320 g/mol. The molecule has 510 valence electrons. The maximum Gasteiger partial charge on any atom is 0.352 e. The van der Waals surface area contributed by atoms with Crippen molar-refractivity contribution in [2.75, 3.05) is 57.4 Å². The van der Waals surface area contributed by atoms with E-state index in [2.05, 4.69) is 51.3 Å². The molecule has 1 aliphatic heterocycles. The Morgan fingerprint density at radius 2 is 1.35 bits per heavy atom. The van der Waals surface area contributed by atoms with Crippen LogP contribution < -0.4 is 37.4 Å². The number of nitrogens with two attached hydrogens (primary N) is 2. The molecule has 0 spiro atoms. The van der Waals surface area contributed by atoms with Crippen molar-refractivity contribution in [3.05, 3.63) is 195 Å². The van der Waals surface area contributed by atoms with Gasteiger partial charge in [-0.2, -0.15) is 10.2 Å². The van der Waals surface area contributed by atoms with Crippen LogP contribution in [-0.2, 0) is 55.0 Å². The zero-order valence-electron chi connectivity index (χ0n) is 55.7. The number of hydrogen-bond donors (Lipinski definition) is 6.